The number of carbonyl (C=O) groups is 2. The summed E-state index contributed by atoms with van der Waals surface area (Å²) in [5.74, 6) is -0.177. The van der Waals surface area contributed by atoms with Gasteiger partial charge in [0.15, 0.2) is 5.82 Å². The lowest BCUT2D eigenvalue weighted by Crippen LogP contribution is -2.34. The van der Waals surface area contributed by atoms with E-state index < -0.39 is 5.97 Å². The predicted octanol–water partition coefficient (Wildman–Crippen LogP) is 2.87. The quantitative estimate of drug-likeness (QED) is 0.687. The molecule has 0 bridgehead atoms. The number of nitrogens with one attached hydrogen (secondary N) is 2. The number of hydrogen-bond donors (Lipinski definition) is 3. The molecule has 0 saturated carbocycles. The molecule has 28 heavy (non-hydrogen) atoms. The molecule has 0 aliphatic carbocycles. The summed E-state index contributed by atoms with van der Waals surface area (Å²) in [6.07, 6.45) is 5.97. The molecule has 1 amide bonds. The SMILES string of the molecule is CC1CCN(c2nc(C=CC(=O)O)ccc2NC(=O)c2cc(C#N)c[nH]2)CC1. The van der Waals surface area contributed by atoms with Gasteiger partial charge in [0.2, 0.25) is 0 Å². The third-order valence-corrected chi connectivity index (χ3v) is 4.68. The summed E-state index contributed by atoms with van der Waals surface area (Å²) < 4.78 is 0. The molecule has 2 aromatic heterocycles. The van der Waals surface area contributed by atoms with Crippen LogP contribution in [-0.2, 0) is 4.79 Å². The van der Waals surface area contributed by atoms with E-state index in [0.717, 1.165) is 32.0 Å². The summed E-state index contributed by atoms with van der Waals surface area (Å²) in [4.78, 5) is 32.8. The molecule has 1 aliphatic heterocycles. The van der Waals surface area contributed by atoms with Crippen molar-refractivity contribution in [1.82, 2.24) is 9.97 Å². The molecule has 0 unspecified atom stereocenters. The van der Waals surface area contributed by atoms with Gasteiger partial charge in [-0.15, -0.1) is 0 Å². The van der Waals surface area contributed by atoms with E-state index >= 15 is 0 Å². The summed E-state index contributed by atoms with van der Waals surface area (Å²) in [6, 6.07) is 6.83. The number of aliphatic carboxylic acids is 1. The van der Waals surface area contributed by atoms with Gasteiger partial charge in [0.1, 0.15) is 11.8 Å². The Morgan fingerprint density at radius 2 is 2.14 bits per heavy atom. The zero-order valence-electron chi connectivity index (χ0n) is 15.5. The van der Waals surface area contributed by atoms with Gasteiger partial charge in [0, 0.05) is 25.4 Å². The third-order valence-electron chi connectivity index (χ3n) is 4.68. The number of nitrogens with zero attached hydrogens (tertiary/aromatic N) is 3. The molecular weight excluding hydrogens is 358 g/mol. The van der Waals surface area contributed by atoms with Crippen LogP contribution in [0.5, 0.6) is 0 Å². The zero-order chi connectivity index (χ0) is 20.1. The van der Waals surface area contributed by atoms with E-state index in [9.17, 15) is 9.59 Å². The van der Waals surface area contributed by atoms with Crippen LogP contribution in [0.25, 0.3) is 6.08 Å². The van der Waals surface area contributed by atoms with Crippen LogP contribution in [0, 0.1) is 17.2 Å². The number of carbonyl (C=O) groups excluding carboxylic acids is 1. The highest BCUT2D eigenvalue weighted by Crippen LogP contribution is 2.29. The molecule has 3 N–H and O–H groups in total. The molecule has 8 heteroatoms. The average molecular weight is 379 g/mol. The molecule has 0 spiro atoms. The van der Waals surface area contributed by atoms with Gasteiger partial charge in [-0.1, -0.05) is 6.92 Å². The lowest BCUT2D eigenvalue weighted by Gasteiger charge is -2.32. The standard InChI is InChI=1S/C20H21N5O3/c1-13-6-8-25(9-7-13)19-16(4-2-15(23-19)3-5-18(26)27)24-20(28)17-10-14(11-21)12-22-17/h2-5,10,12-13,22H,6-9H2,1H3,(H,24,28)(H,26,27). The molecule has 1 saturated heterocycles. The Morgan fingerprint density at radius 1 is 1.39 bits per heavy atom. The summed E-state index contributed by atoms with van der Waals surface area (Å²) in [6.45, 7) is 3.83. The van der Waals surface area contributed by atoms with Crippen LogP contribution in [0.1, 0.15) is 41.5 Å². The van der Waals surface area contributed by atoms with Crippen molar-refractivity contribution in [3.63, 3.8) is 0 Å². The topological polar surface area (TPSA) is 122 Å². The Balaban J connectivity index is 1.88. The average Bonchev–Trinajstić information content (AvgIpc) is 3.17. The van der Waals surface area contributed by atoms with Crippen LogP contribution in [0.4, 0.5) is 11.5 Å². The summed E-state index contributed by atoms with van der Waals surface area (Å²) >= 11 is 0. The second kappa shape index (κ2) is 8.39. The number of aromatic amines is 1. The van der Waals surface area contributed by atoms with Crippen LogP contribution in [0.2, 0.25) is 0 Å². The minimum Gasteiger partial charge on any atom is -0.478 e. The Morgan fingerprint density at radius 3 is 2.79 bits per heavy atom. The van der Waals surface area contributed by atoms with Gasteiger partial charge in [-0.2, -0.15) is 5.26 Å². The van der Waals surface area contributed by atoms with Crippen LogP contribution >= 0.6 is 0 Å². The molecule has 2 aromatic rings. The Bertz CT molecular complexity index is 949. The molecule has 0 aromatic carbocycles. The largest absolute Gasteiger partial charge is 0.478 e. The second-order valence-corrected chi connectivity index (χ2v) is 6.82. The minimum atomic E-state index is -1.05. The number of nitriles is 1. The fourth-order valence-corrected chi connectivity index (χ4v) is 3.05. The molecule has 3 heterocycles. The molecule has 1 fully saturated rings. The van der Waals surface area contributed by atoms with E-state index in [4.69, 9.17) is 10.4 Å². The minimum absolute atomic E-state index is 0.282. The van der Waals surface area contributed by atoms with Crippen LogP contribution < -0.4 is 10.2 Å². The van der Waals surface area contributed by atoms with Crippen molar-refractivity contribution in [2.75, 3.05) is 23.3 Å². The van der Waals surface area contributed by atoms with Gasteiger partial charge >= 0.3 is 5.97 Å². The maximum Gasteiger partial charge on any atom is 0.328 e. The fraction of sp³-hybridized carbons (Fsp3) is 0.300. The van der Waals surface area contributed by atoms with E-state index in [2.05, 4.69) is 27.1 Å². The monoisotopic (exact) mass is 379 g/mol. The Labute approximate surface area is 162 Å². The van der Waals surface area contributed by atoms with E-state index in [1.54, 1.807) is 12.1 Å². The molecule has 8 nitrogen and oxygen atoms in total. The normalized spacial score (nSPS) is 14.8. The third kappa shape index (κ3) is 4.57. The van der Waals surface area contributed by atoms with Gasteiger partial charge in [0.05, 0.1) is 16.9 Å². The number of aromatic nitrogens is 2. The smallest absolute Gasteiger partial charge is 0.328 e. The first-order chi connectivity index (χ1) is 13.5. The van der Waals surface area contributed by atoms with E-state index in [1.807, 2.05) is 6.07 Å². The van der Waals surface area contributed by atoms with Gasteiger partial charge in [-0.05, 0) is 43.0 Å². The first kappa shape index (κ1) is 19.2. The van der Waals surface area contributed by atoms with Crippen molar-refractivity contribution >= 4 is 29.5 Å². The maximum absolute atomic E-state index is 12.5. The number of hydrogen-bond acceptors (Lipinski definition) is 5. The number of carboxylic acid groups (broad SMARTS) is 1. The van der Waals surface area contributed by atoms with E-state index in [-0.39, 0.29) is 11.6 Å². The van der Waals surface area contributed by atoms with Crippen molar-refractivity contribution < 1.29 is 14.7 Å². The number of rotatable bonds is 5. The summed E-state index contributed by atoms with van der Waals surface area (Å²) in [5.41, 5.74) is 1.70. The van der Waals surface area contributed by atoms with Crippen molar-refractivity contribution in [2.45, 2.75) is 19.8 Å². The number of pyridine rings is 1. The van der Waals surface area contributed by atoms with Crippen LogP contribution in [-0.4, -0.2) is 40.0 Å². The van der Waals surface area contributed by atoms with Gasteiger partial charge in [0.25, 0.3) is 5.91 Å². The Kier molecular flexibility index (Phi) is 5.75. The second-order valence-electron chi connectivity index (χ2n) is 6.82. The van der Waals surface area contributed by atoms with E-state index in [0.29, 0.717) is 28.7 Å². The molecule has 3 rings (SSSR count). The highest BCUT2D eigenvalue weighted by Gasteiger charge is 2.21. The van der Waals surface area contributed by atoms with E-state index in [1.165, 1.54) is 18.3 Å². The number of amides is 1. The lowest BCUT2D eigenvalue weighted by molar-refractivity contribution is -0.131. The molecule has 0 atom stereocenters. The number of H-pyrrole nitrogens is 1. The van der Waals surface area contributed by atoms with Gasteiger partial charge in [-0.3, -0.25) is 4.79 Å². The number of anilines is 2. The molecular formula is C20H21N5O3. The predicted molar refractivity (Wildman–Crippen MR) is 105 cm³/mol. The molecule has 144 valence electrons. The fourth-order valence-electron chi connectivity index (χ4n) is 3.05. The van der Waals surface area contributed by atoms with Gasteiger partial charge < -0.3 is 20.3 Å². The zero-order valence-corrected chi connectivity index (χ0v) is 15.5. The number of piperidine rings is 1. The van der Waals surface area contributed by atoms with Crippen LogP contribution in [0.3, 0.4) is 0 Å². The summed E-state index contributed by atoms with van der Waals surface area (Å²) in [7, 11) is 0. The first-order valence-electron chi connectivity index (χ1n) is 9.03. The van der Waals surface area contributed by atoms with Crippen LogP contribution in [0.15, 0.2) is 30.5 Å². The Hall–Kier alpha value is -3.60. The van der Waals surface area contributed by atoms with Crippen molar-refractivity contribution in [2.24, 2.45) is 5.92 Å². The van der Waals surface area contributed by atoms with Crippen molar-refractivity contribution in [1.29, 1.82) is 5.26 Å². The van der Waals surface area contributed by atoms with Crippen molar-refractivity contribution in [3.8, 4) is 6.07 Å². The number of carboxylic acids is 1. The first-order valence-corrected chi connectivity index (χ1v) is 9.03. The lowest BCUT2D eigenvalue weighted by atomic mass is 9.99. The maximum atomic E-state index is 12.5. The molecule has 0 radical (unpaired) electrons. The highest BCUT2D eigenvalue weighted by molar-refractivity contribution is 6.04. The van der Waals surface area contributed by atoms with Crippen molar-refractivity contribution in [3.05, 3.63) is 47.4 Å². The molecule has 1 aliphatic rings. The van der Waals surface area contributed by atoms with Gasteiger partial charge in [-0.25, -0.2) is 9.78 Å². The highest BCUT2D eigenvalue weighted by atomic mass is 16.4. The summed E-state index contributed by atoms with van der Waals surface area (Å²) in [5, 5.41) is 20.6.